The van der Waals surface area contributed by atoms with E-state index in [1.54, 1.807) is 11.3 Å². The molecule has 2 rings (SSSR count). The van der Waals surface area contributed by atoms with Crippen LogP contribution in [0.25, 0.3) is 10.4 Å². The van der Waals surface area contributed by atoms with E-state index in [1.165, 1.54) is 4.88 Å². The van der Waals surface area contributed by atoms with Crippen LogP contribution < -0.4 is 0 Å². The quantitative estimate of drug-likeness (QED) is 0.727. The number of hydrogen-bond acceptors (Lipinski definition) is 3. The third kappa shape index (κ3) is 1.75. The molecule has 2 heterocycles. The van der Waals surface area contributed by atoms with Gasteiger partial charge >= 0.3 is 0 Å². The van der Waals surface area contributed by atoms with Crippen molar-refractivity contribution in [1.82, 2.24) is 9.97 Å². The highest BCUT2D eigenvalue weighted by Gasteiger charge is 1.98. The Labute approximate surface area is 81.3 Å². The maximum Gasteiger partial charge on any atom is 0.0797 e. The molecule has 0 aromatic carbocycles. The van der Waals surface area contributed by atoms with Crippen molar-refractivity contribution in [1.29, 1.82) is 0 Å². The molecule has 0 bridgehead atoms. The highest BCUT2D eigenvalue weighted by molar-refractivity contribution is 7.13. The minimum absolute atomic E-state index is 0.989. The summed E-state index contributed by atoms with van der Waals surface area (Å²) >= 11 is 1.64. The van der Waals surface area contributed by atoms with Crippen molar-refractivity contribution in [3.63, 3.8) is 0 Å². The normalized spacial score (nSPS) is 10.2. The van der Waals surface area contributed by atoms with Gasteiger partial charge in [-0.25, -0.2) is 0 Å². The molecule has 13 heavy (non-hydrogen) atoms. The van der Waals surface area contributed by atoms with Crippen molar-refractivity contribution in [2.24, 2.45) is 0 Å². The van der Waals surface area contributed by atoms with Gasteiger partial charge in [0.25, 0.3) is 0 Å². The van der Waals surface area contributed by atoms with Crippen molar-refractivity contribution in [3.05, 3.63) is 35.7 Å². The zero-order valence-corrected chi connectivity index (χ0v) is 8.21. The predicted molar refractivity (Wildman–Crippen MR) is 54.7 cm³/mol. The Hall–Kier alpha value is -1.22. The van der Waals surface area contributed by atoms with Crippen molar-refractivity contribution in [2.45, 2.75) is 13.3 Å². The van der Waals surface area contributed by atoms with E-state index in [9.17, 15) is 0 Å². The molecule has 0 aliphatic carbocycles. The van der Waals surface area contributed by atoms with Gasteiger partial charge in [0, 0.05) is 23.7 Å². The SMILES string of the molecule is CCc1ccc(-c2cncs2)cn1. The average Bonchev–Trinajstić information content (AvgIpc) is 2.71. The van der Waals surface area contributed by atoms with E-state index in [2.05, 4.69) is 29.0 Å². The van der Waals surface area contributed by atoms with Gasteiger partial charge in [-0.05, 0) is 12.5 Å². The number of hydrogen-bond donors (Lipinski definition) is 0. The largest absolute Gasteiger partial charge is 0.261 e. The number of aromatic nitrogens is 2. The molecule has 0 atom stereocenters. The molecular weight excluding hydrogens is 180 g/mol. The van der Waals surface area contributed by atoms with Crippen molar-refractivity contribution >= 4 is 11.3 Å². The second-order valence-corrected chi connectivity index (χ2v) is 3.64. The summed E-state index contributed by atoms with van der Waals surface area (Å²) in [5.74, 6) is 0. The van der Waals surface area contributed by atoms with Gasteiger partial charge < -0.3 is 0 Å². The predicted octanol–water partition coefficient (Wildman–Crippen LogP) is 2.77. The van der Waals surface area contributed by atoms with E-state index in [-0.39, 0.29) is 0 Å². The first kappa shape index (κ1) is 8.38. The molecule has 0 unspecified atom stereocenters. The number of nitrogens with zero attached hydrogens (tertiary/aromatic N) is 2. The summed E-state index contributed by atoms with van der Waals surface area (Å²) < 4.78 is 0. The minimum atomic E-state index is 0.989. The lowest BCUT2D eigenvalue weighted by Crippen LogP contribution is -1.85. The van der Waals surface area contributed by atoms with Gasteiger partial charge in [0.2, 0.25) is 0 Å². The molecule has 2 nitrogen and oxygen atoms in total. The van der Waals surface area contributed by atoms with Crippen LogP contribution in [-0.2, 0) is 6.42 Å². The molecule has 0 spiro atoms. The van der Waals surface area contributed by atoms with Gasteiger partial charge in [-0.2, -0.15) is 0 Å². The molecular formula is C10H10N2S. The van der Waals surface area contributed by atoms with Crippen molar-refractivity contribution < 1.29 is 0 Å². The molecule has 66 valence electrons. The lowest BCUT2D eigenvalue weighted by molar-refractivity contribution is 1.04. The first-order valence-electron chi connectivity index (χ1n) is 4.24. The van der Waals surface area contributed by atoms with Gasteiger partial charge in [-0.15, -0.1) is 11.3 Å². The topological polar surface area (TPSA) is 25.8 Å². The third-order valence-electron chi connectivity index (χ3n) is 1.90. The van der Waals surface area contributed by atoms with E-state index >= 15 is 0 Å². The number of thiazole rings is 1. The van der Waals surface area contributed by atoms with Crippen LogP contribution in [0.3, 0.4) is 0 Å². The van der Waals surface area contributed by atoms with Crippen LogP contribution in [0, 0.1) is 0 Å². The minimum Gasteiger partial charge on any atom is -0.261 e. The second-order valence-electron chi connectivity index (χ2n) is 2.76. The lowest BCUT2D eigenvalue weighted by atomic mass is 10.2. The molecule has 0 saturated heterocycles. The molecule has 2 aromatic rings. The van der Waals surface area contributed by atoms with E-state index in [0.717, 1.165) is 17.7 Å². The van der Waals surface area contributed by atoms with Crippen LogP contribution in [0.5, 0.6) is 0 Å². The molecule has 2 aromatic heterocycles. The van der Waals surface area contributed by atoms with Crippen LogP contribution in [-0.4, -0.2) is 9.97 Å². The molecule has 0 aliphatic rings. The van der Waals surface area contributed by atoms with Crippen LogP contribution in [0.2, 0.25) is 0 Å². The molecule has 0 radical (unpaired) electrons. The van der Waals surface area contributed by atoms with Crippen LogP contribution in [0.4, 0.5) is 0 Å². The van der Waals surface area contributed by atoms with E-state index in [0.29, 0.717) is 0 Å². The molecule has 0 saturated carbocycles. The van der Waals surface area contributed by atoms with Crippen molar-refractivity contribution in [2.75, 3.05) is 0 Å². The summed E-state index contributed by atoms with van der Waals surface area (Å²) in [5.41, 5.74) is 4.12. The summed E-state index contributed by atoms with van der Waals surface area (Å²) in [7, 11) is 0. The summed E-state index contributed by atoms with van der Waals surface area (Å²) in [6, 6.07) is 4.16. The average molecular weight is 190 g/mol. The van der Waals surface area contributed by atoms with Crippen molar-refractivity contribution in [3.8, 4) is 10.4 Å². The van der Waals surface area contributed by atoms with Gasteiger partial charge in [0.05, 0.1) is 10.4 Å². The monoisotopic (exact) mass is 190 g/mol. The van der Waals surface area contributed by atoms with E-state index in [1.807, 2.05) is 17.9 Å². The number of pyridine rings is 1. The molecule has 0 aliphatic heterocycles. The van der Waals surface area contributed by atoms with Gasteiger partial charge in [-0.1, -0.05) is 13.0 Å². The van der Waals surface area contributed by atoms with Crippen LogP contribution in [0.15, 0.2) is 30.0 Å². The summed E-state index contributed by atoms with van der Waals surface area (Å²) in [6.07, 6.45) is 4.77. The molecule has 0 amide bonds. The van der Waals surface area contributed by atoms with Crippen LogP contribution in [0.1, 0.15) is 12.6 Å². The summed E-state index contributed by atoms with van der Waals surface area (Å²) in [6.45, 7) is 2.11. The van der Waals surface area contributed by atoms with E-state index in [4.69, 9.17) is 0 Å². The number of rotatable bonds is 2. The Morgan fingerprint density at radius 3 is 2.77 bits per heavy atom. The molecule has 0 fully saturated rings. The smallest absolute Gasteiger partial charge is 0.0797 e. The number of aryl methyl sites for hydroxylation is 1. The maximum atomic E-state index is 4.33. The molecule has 0 N–H and O–H groups in total. The Morgan fingerprint density at radius 2 is 2.23 bits per heavy atom. The summed E-state index contributed by atoms with van der Waals surface area (Å²) in [4.78, 5) is 9.54. The standard InChI is InChI=1S/C10H10N2S/c1-2-9-4-3-8(5-12-9)10-6-11-7-13-10/h3-7H,2H2,1H3. The Balaban J connectivity index is 2.33. The first-order valence-corrected chi connectivity index (χ1v) is 5.12. The fourth-order valence-corrected chi connectivity index (χ4v) is 1.75. The second kappa shape index (κ2) is 3.66. The zero-order chi connectivity index (χ0) is 9.10. The third-order valence-corrected chi connectivity index (χ3v) is 2.73. The van der Waals surface area contributed by atoms with E-state index < -0.39 is 0 Å². The lowest BCUT2D eigenvalue weighted by Gasteiger charge is -1.97. The fourth-order valence-electron chi connectivity index (χ4n) is 1.14. The van der Waals surface area contributed by atoms with Gasteiger partial charge in [-0.3, -0.25) is 9.97 Å². The Bertz CT molecular complexity index is 364. The fraction of sp³-hybridized carbons (Fsp3) is 0.200. The Morgan fingerprint density at radius 1 is 1.31 bits per heavy atom. The summed E-state index contributed by atoms with van der Waals surface area (Å²) in [5, 5.41) is 0. The first-order chi connectivity index (χ1) is 6.40. The van der Waals surface area contributed by atoms with Gasteiger partial charge in [0.15, 0.2) is 0 Å². The van der Waals surface area contributed by atoms with Gasteiger partial charge in [0.1, 0.15) is 0 Å². The van der Waals surface area contributed by atoms with Crippen LogP contribution >= 0.6 is 11.3 Å². The Kier molecular flexibility index (Phi) is 2.36. The zero-order valence-electron chi connectivity index (χ0n) is 7.40. The molecule has 3 heteroatoms. The highest BCUT2D eigenvalue weighted by atomic mass is 32.1. The highest BCUT2D eigenvalue weighted by Crippen LogP contribution is 2.21. The maximum absolute atomic E-state index is 4.33.